The summed E-state index contributed by atoms with van der Waals surface area (Å²) in [6.45, 7) is 8.36. The monoisotopic (exact) mass is 316 g/mol. The molecule has 0 atom stereocenters. The molecule has 0 saturated heterocycles. The van der Waals surface area contributed by atoms with Gasteiger partial charge in [0.1, 0.15) is 0 Å². The van der Waals surface area contributed by atoms with Crippen LogP contribution in [0.5, 0.6) is 0 Å². The summed E-state index contributed by atoms with van der Waals surface area (Å²) in [4.78, 5) is 4.86. The average Bonchev–Trinajstić information content (AvgIpc) is 2.51. The molecule has 0 aromatic heterocycles. The molecule has 120 valence electrons. The molecular weight excluding hydrogens is 288 g/mol. The Morgan fingerprint density at radius 2 is 1.91 bits per heavy atom. The van der Waals surface area contributed by atoms with Gasteiger partial charge in [0.2, 0.25) is 0 Å². The van der Waals surface area contributed by atoms with Gasteiger partial charge in [-0.2, -0.15) is 0 Å². The van der Waals surface area contributed by atoms with Crippen LogP contribution in [-0.2, 0) is 6.42 Å². The zero-order valence-corrected chi connectivity index (χ0v) is 14.9. The van der Waals surface area contributed by atoms with E-state index in [1.807, 2.05) is 0 Å². The molecule has 0 bridgehead atoms. The molecule has 0 heterocycles. The molecule has 0 unspecified atom stereocenters. The van der Waals surface area contributed by atoms with E-state index in [-0.39, 0.29) is 0 Å². The molecule has 2 nitrogen and oxygen atoms in total. The van der Waals surface area contributed by atoms with Crippen molar-refractivity contribution in [1.29, 1.82) is 0 Å². The van der Waals surface area contributed by atoms with Gasteiger partial charge in [-0.1, -0.05) is 31.9 Å². The third-order valence-electron chi connectivity index (χ3n) is 4.55. The highest BCUT2D eigenvalue weighted by Crippen LogP contribution is 2.29. The molecular formula is C19H28N2S. The largest absolute Gasteiger partial charge is 0.399 e. The van der Waals surface area contributed by atoms with Crippen LogP contribution in [0.3, 0.4) is 0 Å². The van der Waals surface area contributed by atoms with Gasteiger partial charge in [0.15, 0.2) is 0 Å². The molecule has 22 heavy (non-hydrogen) atoms. The van der Waals surface area contributed by atoms with Crippen LogP contribution in [0.25, 0.3) is 0 Å². The van der Waals surface area contributed by atoms with Gasteiger partial charge in [-0.3, -0.25) is 4.99 Å². The number of nitrogens with two attached hydrogens (primary N) is 1. The average molecular weight is 317 g/mol. The van der Waals surface area contributed by atoms with Crippen molar-refractivity contribution in [1.82, 2.24) is 0 Å². The summed E-state index contributed by atoms with van der Waals surface area (Å²) < 4.78 is 0. The van der Waals surface area contributed by atoms with E-state index in [0.29, 0.717) is 5.92 Å². The van der Waals surface area contributed by atoms with Crippen molar-refractivity contribution in [2.75, 3.05) is 12.0 Å². The van der Waals surface area contributed by atoms with Gasteiger partial charge in [0, 0.05) is 23.7 Å². The predicted octanol–water partition coefficient (Wildman–Crippen LogP) is 5.28. The fraction of sp³-hybridized carbons (Fsp3) is 0.526. The number of aliphatic imine (C=N–C) groups is 1. The fourth-order valence-electron chi connectivity index (χ4n) is 3.16. The van der Waals surface area contributed by atoms with Gasteiger partial charge in [0.05, 0.1) is 5.04 Å². The number of allylic oxidation sites excluding steroid dienone is 1. The SMILES string of the molecule is C=C(Cc1cc(C)c(N)cc1C)N=C(SC)C1CCCCC1. The Labute approximate surface area is 139 Å². The number of hydrogen-bond donors (Lipinski definition) is 1. The smallest absolute Gasteiger partial charge is 0.0762 e. The number of nitrogen functional groups attached to an aromatic ring is 1. The van der Waals surface area contributed by atoms with E-state index in [1.165, 1.54) is 48.3 Å². The minimum atomic E-state index is 0.648. The van der Waals surface area contributed by atoms with Crippen LogP contribution in [0.15, 0.2) is 29.4 Å². The number of thioether (sulfide) groups is 1. The predicted molar refractivity (Wildman–Crippen MR) is 101 cm³/mol. The van der Waals surface area contributed by atoms with Crippen LogP contribution >= 0.6 is 11.8 Å². The summed E-state index contributed by atoms with van der Waals surface area (Å²) in [7, 11) is 0. The normalized spacial score (nSPS) is 16.8. The Kier molecular flexibility index (Phi) is 6.13. The molecule has 0 spiro atoms. The van der Waals surface area contributed by atoms with Crippen LogP contribution in [0.2, 0.25) is 0 Å². The molecule has 1 saturated carbocycles. The van der Waals surface area contributed by atoms with Crippen molar-refractivity contribution in [3.63, 3.8) is 0 Å². The maximum Gasteiger partial charge on any atom is 0.0762 e. The van der Waals surface area contributed by atoms with Gasteiger partial charge in [-0.25, -0.2) is 0 Å². The molecule has 2 N–H and O–H groups in total. The summed E-state index contributed by atoms with van der Waals surface area (Å²) >= 11 is 1.79. The van der Waals surface area contributed by atoms with Crippen LogP contribution in [0, 0.1) is 19.8 Å². The second-order valence-electron chi connectivity index (χ2n) is 6.37. The summed E-state index contributed by atoms with van der Waals surface area (Å²) in [6, 6.07) is 4.23. The topological polar surface area (TPSA) is 38.4 Å². The molecule has 1 fully saturated rings. The number of rotatable bonds is 4. The molecule has 0 amide bonds. The first-order valence-corrected chi connectivity index (χ1v) is 9.39. The Hall–Kier alpha value is -1.22. The van der Waals surface area contributed by atoms with Gasteiger partial charge >= 0.3 is 0 Å². The maximum absolute atomic E-state index is 5.97. The molecule has 1 aromatic carbocycles. The standard InChI is InChI=1S/C19H28N2S/c1-13-11-18(20)14(2)10-17(13)12-15(3)21-19(22-4)16-8-6-5-7-9-16/h10-11,16H,3,5-9,12,20H2,1-2,4H3. The fourth-order valence-corrected chi connectivity index (χ4v) is 3.95. The first kappa shape index (κ1) is 17.1. The zero-order valence-electron chi connectivity index (χ0n) is 14.1. The Bertz CT molecular complexity index is 569. The first-order chi connectivity index (χ1) is 10.5. The minimum Gasteiger partial charge on any atom is -0.399 e. The molecule has 0 radical (unpaired) electrons. The highest BCUT2D eigenvalue weighted by molar-refractivity contribution is 8.13. The second-order valence-corrected chi connectivity index (χ2v) is 7.19. The summed E-state index contributed by atoms with van der Waals surface area (Å²) in [6.07, 6.45) is 9.58. The van der Waals surface area contributed by atoms with E-state index in [9.17, 15) is 0 Å². The third-order valence-corrected chi connectivity index (χ3v) is 5.39. The summed E-state index contributed by atoms with van der Waals surface area (Å²) in [5, 5.41) is 1.27. The lowest BCUT2D eigenvalue weighted by Gasteiger charge is -2.22. The summed E-state index contributed by atoms with van der Waals surface area (Å²) in [5.74, 6) is 0.648. The number of nitrogens with zero attached hydrogens (tertiary/aromatic N) is 1. The van der Waals surface area contributed by atoms with Crippen molar-refractivity contribution in [3.8, 4) is 0 Å². The first-order valence-electron chi connectivity index (χ1n) is 8.17. The van der Waals surface area contributed by atoms with Crippen LogP contribution in [-0.4, -0.2) is 11.3 Å². The van der Waals surface area contributed by atoms with Crippen molar-refractivity contribution in [2.45, 2.75) is 52.4 Å². The second kappa shape index (κ2) is 7.87. The Morgan fingerprint density at radius 1 is 1.23 bits per heavy atom. The number of hydrogen-bond acceptors (Lipinski definition) is 3. The maximum atomic E-state index is 5.97. The third kappa shape index (κ3) is 4.39. The quantitative estimate of drug-likeness (QED) is 0.466. The molecule has 0 aliphatic heterocycles. The highest BCUT2D eigenvalue weighted by atomic mass is 32.2. The van der Waals surface area contributed by atoms with Gasteiger partial charge in [-0.15, -0.1) is 11.8 Å². The number of benzene rings is 1. The van der Waals surface area contributed by atoms with E-state index in [1.54, 1.807) is 11.8 Å². The minimum absolute atomic E-state index is 0.648. The molecule has 1 aliphatic rings. The Balaban J connectivity index is 2.10. The molecule has 1 aliphatic carbocycles. The van der Waals surface area contributed by atoms with Crippen LogP contribution in [0.4, 0.5) is 5.69 Å². The van der Waals surface area contributed by atoms with E-state index < -0.39 is 0 Å². The lowest BCUT2D eigenvalue weighted by atomic mass is 9.90. The summed E-state index contributed by atoms with van der Waals surface area (Å²) in [5.41, 5.74) is 11.4. The van der Waals surface area contributed by atoms with Crippen molar-refractivity contribution >= 4 is 22.5 Å². The van der Waals surface area contributed by atoms with Crippen molar-refractivity contribution < 1.29 is 0 Å². The molecule has 3 heteroatoms. The van der Waals surface area contributed by atoms with Gasteiger partial charge in [0.25, 0.3) is 0 Å². The van der Waals surface area contributed by atoms with E-state index in [4.69, 9.17) is 10.7 Å². The number of aryl methyl sites for hydroxylation is 2. The lowest BCUT2D eigenvalue weighted by Crippen LogP contribution is -2.15. The van der Waals surface area contributed by atoms with E-state index in [0.717, 1.165) is 23.4 Å². The van der Waals surface area contributed by atoms with Crippen molar-refractivity contribution in [3.05, 3.63) is 41.1 Å². The lowest BCUT2D eigenvalue weighted by molar-refractivity contribution is 0.443. The van der Waals surface area contributed by atoms with Gasteiger partial charge < -0.3 is 5.73 Å². The van der Waals surface area contributed by atoms with E-state index >= 15 is 0 Å². The van der Waals surface area contributed by atoms with E-state index in [2.05, 4.69) is 38.8 Å². The van der Waals surface area contributed by atoms with Gasteiger partial charge in [-0.05, 0) is 55.7 Å². The Morgan fingerprint density at radius 3 is 2.55 bits per heavy atom. The zero-order chi connectivity index (χ0) is 16.1. The van der Waals surface area contributed by atoms with Crippen LogP contribution in [0.1, 0.15) is 48.8 Å². The highest BCUT2D eigenvalue weighted by Gasteiger charge is 2.19. The molecule has 1 aromatic rings. The number of anilines is 1. The van der Waals surface area contributed by atoms with Crippen LogP contribution < -0.4 is 5.73 Å². The van der Waals surface area contributed by atoms with Crippen molar-refractivity contribution in [2.24, 2.45) is 10.9 Å². The molecule has 2 rings (SSSR count).